The van der Waals surface area contributed by atoms with E-state index < -0.39 is 5.97 Å². The minimum atomic E-state index is -0.396. The normalized spacial score (nSPS) is 10.6. The quantitative estimate of drug-likeness (QED) is 0.368. The van der Waals surface area contributed by atoms with Crippen molar-refractivity contribution in [1.82, 2.24) is 0 Å². The Hall–Kier alpha value is -3.73. The summed E-state index contributed by atoms with van der Waals surface area (Å²) in [4.78, 5) is 27.9. The van der Waals surface area contributed by atoms with Crippen LogP contribution >= 0.6 is 0 Å². The third kappa shape index (κ3) is 4.92. The van der Waals surface area contributed by atoms with Gasteiger partial charge in [-0.25, -0.2) is 9.59 Å². The molecule has 0 fully saturated rings. The number of hydrogen-bond acceptors (Lipinski definition) is 5. The van der Waals surface area contributed by atoms with Crippen LogP contribution < -0.4 is 4.74 Å². The molecule has 0 spiro atoms. The molecule has 0 amide bonds. The highest BCUT2D eigenvalue weighted by atomic mass is 16.5. The van der Waals surface area contributed by atoms with Crippen LogP contribution in [0.25, 0.3) is 0 Å². The lowest BCUT2D eigenvalue weighted by Gasteiger charge is -2.05. The Bertz CT molecular complexity index is 988. The zero-order chi connectivity index (χ0) is 19.9. The van der Waals surface area contributed by atoms with Crippen LogP contribution in [0.4, 0.5) is 5.69 Å². The van der Waals surface area contributed by atoms with Gasteiger partial charge in [-0.1, -0.05) is 17.7 Å². The van der Waals surface area contributed by atoms with E-state index in [1.165, 1.54) is 7.11 Å². The van der Waals surface area contributed by atoms with Crippen LogP contribution in [0.2, 0.25) is 0 Å². The van der Waals surface area contributed by atoms with E-state index in [2.05, 4.69) is 9.73 Å². The molecule has 28 heavy (non-hydrogen) atoms. The number of carbonyl (C=O) groups excluding carboxylic acids is 2. The molecule has 0 aliphatic carbocycles. The molecular formula is C23H19NO4. The molecule has 140 valence electrons. The number of esters is 2. The number of ether oxygens (including phenoxy) is 2. The topological polar surface area (TPSA) is 65.0 Å². The van der Waals surface area contributed by atoms with Gasteiger partial charge >= 0.3 is 11.9 Å². The van der Waals surface area contributed by atoms with E-state index in [1.54, 1.807) is 54.7 Å². The maximum absolute atomic E-state index is 12.1. The SMILES string of the molecule is COC(=O)c1ccc(N=Cc2ccc(OC(=O)c3ccc(C)cc3)cc2)cc1. The first-order chi connectivity index (χ1) is 13.5. The molecule has 3 aromatic rings. The van der Waals surface area contributed by atoms with Gasteiger partial charge < -0.3 is 9.47 Å². The van der Waals surface area contributed by atoms with E-state index >= 15 is 0 Å². The maximum Gasteiger partial charge on any atom is 0.343 e. The summed E-state index contributed by atoms with van der Waals surface area (Å²) in [7, 11) is 1.34. The number of benzene rings is 3. The summed E-state index contributed by atoms with van der Waals surface area (Å²) >= 11 is 0. The Labute approximate surface area is 163 Å². The summed E-state index contributed by atoms with van der Waals surface area (Å²) < 4.78 is 10.0. The fourth-order valence-corrected chi connectivity index (χ4v) is 2.43. The van der Waals surface area contributed by atoms with Crippen molar-refractivity contribution in [2.75, 3.05) is 7.11 Å². The summed E-state index contributed by atoms with van der Waals surface area (Å²) in [6.07, 6.45) is 1.69. The van der Waals surface area contributed by atoms with Gasteiger partial charge in [-0.3, -0.25) is 4.99 Å². The largest absolute Gasteiger partial charge is 0.465 e. The Morgan fingerprint density at radius 3 is 1.96 bits per heavy atom. The predicted octanol–water partition coefficient (Wildman–Crippen LogP) is 4.75. The molecule has 5 heteroatoms. The minimum Gasteiger partial charge on any atom is -0.465 e. The van der Waals surface area contributed by atoms with E-state index in [0.717, 1.165) is 11.1 Å². The Kier molecular flexibility index (Phi) is 5.97. The van der Waals surface area contributed by atoms with Gasteiger partial charge in [0.2, 0.25) is 0 Å². The van der Waals surface area contributed by atoms with Crippen LogP contribution in [0.1, 0.15) is 31.8 Å². The standard InChI is InChI=1S/C23H19NO4/c1-16-3-7-19(8-4-16)23(26)28-21-13-5-17(6-14-21)15-24-20-11-9-18(10-12-20)22(25)27-2/h3-15H,1-2H3. The van der Waals surface area contributed by atoms with Crippen molar-refractivity contribution in [2.24, 2.45) is 4.99 Å². The highest BCUT2D eigenvalue weighted by Crippen LogP contribution is 2.16. The predicted molar refractivity (Wildman–Crippen MR) is 108 cm³/mol. The number of nitrogens with zero attached hydrogens (tertiary/aromatic N) is 1. The number of methoxy groups -OCH3 is 1. The first-order valence-electron chi connectivity index (χ1n) is 8.66. The zero-order valence-corrected chi connectivity index (χ0v) is 15.6. The molecule has 0 atom stereocenters. The second-order valence-electron chi connectivity index (χ2n) is 6.12. The lowest BCUT2D eigenvalue weighted by Crippen LogP contribution is -2.08. The lowest BCUT2D eigenvalue weighted by molar-refractivity contribution is 0.0600. The molecule has 0 aromatic heterocycles. The highest BCUT2D eigenvalue weighted by Gasteiger charge is 2.08. The molecule has 0 saturated heterocycles. The Morgan fingerprint density at radius 2 is 1.36 bits per heavy atom. The van der Waals surface area contributed by atoms with Gasteiger partial charge in [0.05, 0.1) is 23.9 Å². The van der Waals surface area contributed by atoms with Crippen LogP contribution in [-0.4, -0.2) is 25.3 Å². The summed E-state index contributed by atoms with van der Waals surface area (Å²) in [5.74, 6) is -0.316. The molecule has 0 aliphatic rings. The minimum absolute atomic E-state index is 0.383. The number of hydrogen-bond donors (Lipinski definition) is 0. The number of rotatable bonds is 5. The van der Waals surface area contributed by atoms with E-state index in [0.29, 0.717) is 22.6 Å². The molecule has 0 heterocycles. The van der Waals surface area contributed by atoms with Crippen LogP contribution in [0.15, 0.2) is 77.8 Å². The van der Waals surface area contributed by atoms with Crippen molar-refractivity contribution in [1.29, 1.82) is 0 Å². The molecule has 0 bridgehead atoms. The van der Waals surface area contributed by atoms with Crippen molar-refractivity contribution in [3.63, 3.8) is 0 Å². The number of aliphatic imine (C=N–C) groups is 1. The van der Waals surface area contributed by atoms with Gasteiger partial charge in [-0.05, 0) is 73.2 Å². The molecule has 0 radical (unpaired) electrons. The monoisotopic (exact) mass is 373 g/mol. The van der Waals surface area contributed by atoms with Crippen molar-refractivity contribution in [3.05, 3.63) is 95.1 Å². The fraction of sp³-hybridized carbons (Fsp3) is 0.0870. The van der Waals surface area contributed by atoms with E-state index in [-0.39, 0.29) is 5.97 Å². The molecule has 0 N–H and O–H groups in total. The van der Waals surface area contributed by atoms with Gasteiger partial charge in [-0.15, -0.1) is 0 Å². The number of carbonyl (C=O) groups is 2. The highest BCUT2D eigenvalue weighted by molar-refractivity contribution is 5.91. The van der Waals surface area contributed by atoms with Crippen LogP contribution in [0.5, 0.6) is 5.75 Å². The van der Waals surface area contributed by atoms with E-state index in [1.807, 2.05) is 31.2 Å². The van der Waals surface area contributed by atoms with E-state index in [4.69, 9.17) is 4.74 Å². The summed E-state index contributed by atoms with van der Waals surface area (Å²) in [6, 6.07) is 21.1. The van der Waals surface area contributed by atoms with Crippen LogP contribution in [0.3, 0.4) is 0 Å². The molecule has 3 aromatic carbocycles. The summed E-state index contributed by atoms with van der Waals surface area (Å²) in [5.41, 5.74) is 3.63. The Morgan fingerprint density at radius 1 is 0.786 bits per heavy atom. The molecule has 0 saturated carbocycles. The van der Waals surface area contributed by atoms with Crippen molar-refractivity contribution in [2.45, 2.75) is 6.92 Å². The van der Waals surface area contributed by atoms with Gasteiger partial charge in [0.25, 0.3) is 0 Å². The first kappa shape index (κ1) is 19.0. The van der Waals surface area contributed by atoms with Crippen molar-refractivity contribution >= 4 is 23.8 Å². The van der Waals surface area contributed by atoms with Crippen LogP contribution in [-0.2, 0) is 4.74 Å². The third-order valence-corrected chi connectivity index (χ3v) is 4.03. The molecule has 3 rings (SSSR count). The van der Waals surface area contributed by atoms with Gasteiger partial charge in [-0.2, -0.15) is 0 Å². The summed E-state index contributed by atoms with van der Waals surface area (Å²) in [5, 5.41) is 0. The number of aryl methyl sites for hydroxylation is 1. The molecule has 0 aliphatic heterocycles. The van der Waals surface area contributed by atoms with Gasteiger partial charge in [0, 0.05) is 6.21 Å². The lowest BCUT2D eigenvalue weighted by atomic mass is 10.1. The average Bonchev–Trinajstić information content (AvgIpc) is 2.73. The Balaban J connectivity index is 1.62. The summed E-state index contributed by atoms with van der Waals surface area (Å²) in [6.45, 7) is 1.96. The van der Waals surface area contributed by atoms with Crippen LogP contribution in [0, 0.1) is 6.92 Å². The van der Waals surface area contributed by atoms with Crippen molar-refractivity contribution in [3.8, 4) is 5.75 Å². The van der Waals surface area contributed by atoms with Crippen molar-refractivity contribution < 1.29 is 19.1 Å². The first-order valence-corrected chi connectivity index (χ1v) is 8.66. The molecular weight excluding hydrogens is 354 g/mol. The molecule has 5 nitrogen and oxygen atoms in total. The second-order valence-corrected chi connectivity index (χ2v) is 6.12. The second kappa shape index (κ2) is 8.77. The van der Waals surface area contributed by atoms with Gasteiger partial charge in [0.1, 0.15) is 5.75 Å². The van der Waals surface area contributed by atoms with E-state index in [9.17, 15) is 9.59 Å². The fourth-order valence-electron chi connectivity index (χ4n) is 2.43. The average molecular weight is 373 g/mol. The zero-order valence-electron chi connectivity index (χ0n) is 15.6. The molecule has 0 unspecified atom stereocenters. The third-order valence-electron chi connectivity index (χ3n) is 4.03. The smallest absolute Gasteiger partial charge is 0.343 e. The maximum atomic E-state index is 12.1. The van der Waals surface area contributed by atoms with Gasteiger partial charge in [0.15, 0.2) is 0 Å².